The van der Waals surface area contributed by atoms with Crippen LogP contribution in [0.2, 0.25) is 0 Å². The van der Waals surface area contributed by atoms with E-state index in [2.05, 4.69) is 22.9 Å². The SMILES string of the molecule is C=C1C(=O)N(c2cc(OC)c(OC)c(OC)c2)[CH]1[Al]. The maximum absolute atomic E-state index is 11.8. The highest BCUT2D eigenvalue weighted by Gasteiger charge is 2.37. The Balaban J connectivity index is 2.48. The van der Waals surface area contributed by atoms with Gasteiger partial charge in [0.2, 0.25) is 5.75 Å². The molecule has 1 atom stereocenters. The molecule has 0 spiro atoms. The summed E-state index contributed by atoms with van der Waals surface area (Å²) in [6, 6.07) is 3.48. The zero-order valence-electron chi connectivity index (χ0n) is 11.1. The molecule has 1 fully saturated rings. The minimum absolute atomic E-state index is 0.102. The van der Waals surface area contributed by atoms with E-state index in [0.717, 1.165) is 0 Å². The fourth-order valence-electron chi connectivity index (χ4n) is 1.98. The molecule has 1 heterocycles. The van der Waals surface area contributed by atoms with Gasteiger partial charge < -0.3 is 19.1 Å². The standard InChI is InChI=1S/C13H14NO4.Al/c1-8-7-14(13(8)15)9-5-10(16-2)12(18-4)11(6-9)17-3;/h5-7H,1H2,2-4H3;. The first-order chi connectivity index (χ1) is 9.04. The minimum atomic E-state index is -0.103. The summed E-state index contributed by atoms with van der Waals surface area (Å²) in [5, 5.41) is 0. The smallest absolute Gasteiger partial charge is 0.253 e. The summed E-state index contributed by atoms with van der Waals surface area (Å²) >= 11 is 2.58. The second-order valence-corrected chi connectivity index (χ2v) is 4.66. The minimum Gasteiger partial charge on any atom is -0.493 e. The molecule has 1 aromatic rings. The third kappa shape index (κ3) is 2.07. The molecule has 1 aromatic carbocycles. The zero-order valence-corrected chi connectivity index (χ0v) is 12.3. The molecule has 1 saturated heterocycles. The van der Waals surface area contributed by atoms with Crippen molar-refractivity contribution in [2.75, 3.05) is 26.2 Å². The molecular formula is C13H14AlNO4. The molecule has 5 nitrogen and oxygen atoms in total. The Morgan fingerprint density at radius 1 is 1.16 bits per heavy atom. The van der Waals surface area contributed by atoms with E-state index >= 15 is 0 Å². The highest BCUT2D eigenvalue weighted by Crippen LogP contribution is 2.43. The molecule has 0 aliphatic carbocycles. The predicted octanol–water partition coefficient (Wildman–Crippen LogP) is 1.11. The molecule has 19 heavy (non-hydrogen) atoms. The molecule has 1 amide bonds. The molecular weight excluding hydrogens is 261 g/mol. The van der Waals surface area contributed by atoms with Crippen LogP contribution in [0.1, 0.15) is 0 Å². The highest BCUT2D eigenvalue weighted by atomic mass is 27.0. The fourth-order valence-corrected chi connectivity index (χ4v) is 2.43. The number of nitrogens with zero attached hydrogens (tertiary/aromatic N) is 1. The lowest BCUT2D eigenvalue weighted by Crippen LogP contribution is -2.55. The molecule has 6 heteroatoms. The van der Waals surface area contributed by atoms with Gasteiger partial charge in [-0.1, -0.05) is 6.58 Å². The van der Waals surface area contributed by atoms with Gasteiger partial charge >= 0.3 is 0 Å². The summed E-state index contributed by atoms with van der Waals surface area (Å²) in [4.78, 5) is 13.3. The van der Waals surface area contributed by atoms with Crippen LogP contribution in [-0.4, -0.2) is 48.4 Å². The van der Waals surface area contributed by atoms with Gasteiger partial charge in [0.05, 0.1) is 27.0 Å². The lowest BCUT2D eigenvalue weighted by molar-refractivity contribution is -0.118. The lowest BCUT2D eigenvalue weighted by atomic mass is 10.1. The number of methoxy groups -OCH3 is 3. The molecule has 98 valence electrons. The third-order valence-electron chi connectivity index (χ3n) is 3.06. The van der Waals surface area contributed by atoms with Crippen molar-refractivity contribution in [2.24, 2.45) is 0 Å². The van der Waals surface area contributed by atoms with E-state index in [0.29, 0.717) is 28.5 Å². The van der Waals surface area contributed by atoms with Gasteiger partial charge in [-0.3, -0.25) is 4.79 Å². The van der Waals surface area contributed by atoms with Crippen LogP contribution in [0.4, 0.5) is 5.69 Å². The topological polar surface area (TPSA) is 48.0 Å². The largest absolute Gasteiger partial charge is 0.493 e. The van der Waals surface area contributed by atoms with E-state index in [4.69, 9.17) is 14.2 Å². The Morgan fingerprint density at radius 3 is 2.05 bits per heavy atom. The van der Waals surface area contributed by atoms with Crippen LogP contribution in [0, 0.1) is 0 Å². The Bertz CT molecular complexity index is 518. The van der Waals surface area contributed by atoms with E-state index in [1.807, 2.05) is 0 Å². The van der Waals surface area contributed by atoms with Gasteiger partial charge in [0.25, 0.3) is 5.91 Å². The van der Waals surface area contributed by atoms with Gasteiger partial charge in [-0.05, 0) is 4.90 Å². The summed E-state index contributed by atoms with van der Waals surface area (Å²) < 4.78 is 15.8. The molecule has 1 aliphatic heterocycles. The number of ether oxygens (including phenoxy) is 3. The molecule has 0 bridgehead atoms. The molecule has 1 aliphatic rings. The van der Waals surface area contributed by atoms with Crippen molar-refractivity contribution in [3.63, 3.8) is 0 Å². The highest BCUT2D eigenvalue weighted by molar-refractivity contribution is 6.31. The van der Waals surface area contributed by atoms with Crippen LogP contribution >= 0.6 is 0 Å². The Hall–Kier alpha value is -1.64. The van der Waals surface area contributed by atoms with Crippen molar-refractivity contribution in [2.45, 2.75) is 4.90 Å². The number of β-lactam (4-membered cyclic amide) rings is 1. The van der Waals surface area contributed by atoms with Gasteiger partial charge in [0, 0.05) is 17.7 Å². The van der Waals surface area contributed by atoms with Crippen molar-refractivity contribution in [1.29, 1.82) is 0 Å². The number of hydrogen-bond acceptors (Lipinski definition) is 4. The van der Waals surface area contributed by atoms with Gasteiger partial charge in [0.1, 0.15) is 0 Å². The summed E-state index contributed by atoms with van der Waals surface area (Å²) in [6.45, 7) is 3.72. The van der Waals surface area contributed by atoms with Gasteiger partial charge in [-0.15, -0.1) is 0 Å². The number of benzene rings is 1. The Labute approximate surface area is 120 Å². The lowest BCUT2D eigenvalue weighted by Gasteiger charge is -2.41. The quantitative estimate of drug-likeness (QED) is 0.469. The first-order valence-corrected chi connectivity index (χ1v) is 6.29. The van der Waals surface area contributed by atoms with Crippen molar-refractivity contribution in [3.8, 4) is 17.2 Å². The number of rotatable bonds is 4. The van der Waals surface area contributed by atoms with E-state index < -0.39 is 0 Å². The molecule has 1 unspecified atom stereocenters. The zero-order chi connectivity index (χ0) is 14.2. The van der Waals surface area contributed by atoms with Crippen molar-refractivity contribution in [1.82, 2.24) is 0 Å². The number of carbonyl (C=O) groups is 1. The molecule has 0 saturated carbocycles. The average Bonchev–Trinajstić information content (AvgIpc) is 2.45. The fraction of sp³-hybridized carbons (Fsp3) is 0.308. The first kappa shape index (κ1) is 13.8. The van der Waals surface area contributed by atoms with E-state index in [1.54, 1.807) is 17.0 Å². The molecule has 2 rings (SSSR count). The third-order valence-corrected chi connectivity index (χ3v) is 3.76. The van der Waals surface area contributed by atoms with Crippen molar-refractivity contribution < 1.29 is 19.0 Å². The molecule has 0 aromatic heterocycles. The van der Waals surface area contributed by atoms with Crippen LogP contribution in [0.25, 0.3) is 0 Å². The van der Waals surface area contributed by atoms with Gasteiger partial charge in [0.15, 0.2) is 27.8 Å². The Morgan fingerprint density at radius 2 is 1.68 bits per heavy atom. The number of amides is 1. The van der Waals surface area contributed by atoms with Crippen LogP contribution in [0.3, 0.4) is 0 Å². The van der Waals surface area contributed by atoms with Crippen LogP contribution in [0.5, 0.6) is 17.2 Å². The number of carbonyl (C=O) groups excluding carboxylic acids is 1. The molecule has 0 N–H and O–H groups in total. The van der Waals surface area contributed by atoms with Gasteiger partial charge in [-0.2, -0.15) is 0 Å². The summed E-state index contributed by atoms with van der Waals surface area (Å²) in [5.41, 5.74) is 1.26. The normalized spacial score (nSPS) is 18.1. The maximum Gasteiger partial charge on any atom is 0.253 e. The maximum atomic E-state index is 11.8. The Kier molecular flexibility index (Phi) is 3.74. The summed E-state index contributed by atoms with van der Waals surface area (Å²) in [5.74, 6) is 1.42. The van der Waals surface area contributed by atoms with E-state index in [9.17, 15) is 4.79 Å². The van der Waals surface area contributed by atoms with Crippen molar-refractivity contribution in [3.05, 3.63) is 24.3 Å². The molecule has 2 radical (unpaired) electrons. The van der Waals surface area contributed by atoms with Crippen molar-refractivity contribution >= 4 is 27.9 Å². The van der Waals surface area contributed by atoms with Crippen LogP contribution in [0.15, 0.2) is 24.3 Å². The number of hydrogen-bond donors (Lipinski definition) is 0. The van der Waals surface area contributed by atoms with Crippen LogP contribution in [-0.2, 0) is 4.79 Å². The second kappa shape index (κ2) is 5.16. The van der Waals surface area contributed by atoms with E-state index in [-0.39, 0.29) is 10.8 Å². The number of anilines is 1. The average molecular weight is 275 g/mol. The monoisotopic (exact) mass is 275 g/mol. The summed E-state index contributed by atoms with van der Waals surface area (Å²) in [6.07, 6.45) is 0. The van der Waals surface area contributed by atoms with Gasteiger partial charge in [-0.25, -0.2) is 0 Å². The van der Waals surface area contributed by atoms with Crippen LogP contribution < -0.4 is 19.1 Å². The van der Waals surface area contributed by atoms with E-state index in [1.165, 1.54) is 21.3 Å². The predicted molar refractivity (Wildman–Crippen MR) is 72.3 cm³/mol. The second-order valence-electron chi connectivity index (χ2n) is 4.03. The first-order valence-electron chi connectivity index (χ1n) is 5.63. The summed E-state index contributed by atoms with van der Waals surface area (Å²) in [7, 11) is 4.61.